The number of alkyl halides is 1. The van der Waals surface area contributed by atoms with Crippen LogP contribution in [0.2, 0.25) is 0 Å². The summed E-state index contributed by atoms with van der Waals surface area (Å²) in [6.07, 6.45) is -1.44. The summed E-state index contributed by atoms with van der Waals surface area (Å²) in [5.41, 5.74) is 0. The Bertz CT molecular complexity index is 100. The third-order valence-corrected chi connectivity index (χ3v) is 0.337. The van der Waals surface area contributed by atoms with Crippen molar-refractivity contribution in [1.82, 2.24) is 0 Å². The summed E-state index contributed by atoms with van der Waals surface area (Å²) in [5, 5.41) is 15.9. The second-order valence-electron chi connectivity index (χ2n) is 2.01. The molecule has 0 amide bonds. The molecule has 4 nitrogen and oxygen atoms in total. The Morgan fingerprint density at radius 3 is 1.73 bits per heavy atom. The molecule has 0 spiro atoms. The van der Waals surface area contributed by atoms with Gasteiger partial charge in [0, 0.05) is 0 Å². The van der Waals surface area contributed by atoms with Crippen molar-refractivity contribution < 1.29 is 19.7 Å². The van der Waals surface area contributed by atoms with E-state index in [2.05, 4.69) is 4.74 Å². The summed E-state index contributed by atoms with van der Waals surface area (Å²) in [7, 11) is 0. The Morgan fingerprint density at radius 1 is 1.45 bits per heavy atom. The molecule has 0 aliphatic carbocycles. The molecule has 0 saturated carbocycles. The van der Waals surface area contributed by atoms with Crippen molar-refractivity contribution in [2.75, 3.05) is 0 Å². The van der Waals surface area contributed by atoms with E-state index in [-0.39, 0.29) is 10.2 Å². The summed E-state index contributed by atoms with van der Waals surface area (Å²) in [6.45, 7) is 5.03. The van der Waals surface area contributed by atoms with Crippen LogP contribution in [0.3, 0.4) is 0 Å². The predicted octanol–water partition coefficient (Wildman–Crippen LogP) is 1.85. The fourth-order valence-electron chi connectivity index (χ4n) is 0.202. The highest BCUT2D eigenvalue weighted by Gasteiger charge is 1.97. The summed E-state index contributed by atoms with van der Waals surface area (Å²) >= 11 is 1.90. The Labute approximate surface area is 79.7 Å². The standard InChI is InChI=1S/C4H8O3.C2H5IO/c1-3(2)7-4(5)6;1-2(3)4/h3H,1-2H3,(H,5,6);2,4H,1H3. The van der Waals surface area contributed by atoms with Crippen LogP contribution in [0.4, 0.5) is 4.79 Å². The second-order valence-corrected chi connectivity index (χ2v) is 3.81. The first-order valence-electron chi connectivity index (χ1n) is 3.08. The minimum atomic E-state index is -1.21. The highest BCUT2D eigenvalue weighted by Crippen LogP contribution is 1.87. The molecule has 0 aromatic carbocycles. The zero-order valence-electron chi connectivity index (χ0n) is 6.74. The number of carbonyl (C=O) groups is 1. The quantitative estimate of drug-likeness (QED) is 0.435. The van der Waals surface area contributed by atoms with Crippen LogP contribution >= 0.6 is 22.6 Å². The van der Waals surface area contributed by atoms with Gasteiger partial charge in [-0.05, 0) is 20.8 Å². The zero-order chi connectivity index (χ0) is 9.44. The summed E-state index contributed by atoms with van der Waals surface area (Å²) < 4.78 is 3.97. The van der Waals surface area contributed by atoms with E-state index in [0.717, 1.165) is 0 Å². The van der Waals surface area contributed by atoms with Crippen LogP contribution in [-0.2, 0) is 4.74 Å². The molecule has 0 bridgehead atoms. The van der Waals surface area contributed by atoms with Gasteiger partial charge in [-0.2, -0.15) is 0 Å². The molecule has 0 fully saturated rings. The van der Waals surface area contributed by atoms with E-state index in [4.69, 9.17) is 10.2 Å². The van der Waals surface area contributed by atoms with Gasteiger partial charge in [0.15, 0.2) is 0 Å². The third-order valence-electron chi connectivity index (χ3n) is 0.337. The molecule has 11 heavy (non-hydrogen) atoms. The number of rotatable bonds is 1. The first-order chi connectivity index (χ1) is 4.86. The number of hydrogen-bond donors (Lipinski definition) is 2. The van der Waals surface area contributed by atoms with Crippen molar-refractivity contribution >= 4 is 28.7 Å². The van der Waals surface area contributed by atoms with Crippen LogP contribution in [-0.4, -0.2) is 26.6 Å². The maximum atomic E-state index is 9.59. The van der Waals surface area contributed by atoms with E-state index < -0.39 is 6.16 Å². The monoisotopic (exact) mass is 276 g/mol. The van der Waals surface area contributed by atoms with Gasteiger partial charge in [0.1, 0.15) is 4.11 Å². The van der Waals surface area contributed by atoms with Gasteiger partial charge in [0.25, 0.3) is 0 Å². The van der Waals surface area contributed by atoms with E-state index in [9.17, 15) is 4.79 Å². The number of halogens is 1. The van der Waals surface area contributed by atoms with E-state index >= 15 is 0 Å². The average Bonchev–Trinajstić information content (AvgIpc) is 1.56. The lowest BCUT2D eigenvalue weighted by atomic mass is 10.5. The average molecular weight is 276 g/mol. The molecule has 0 heterocycles. The molecule has 0 aliphatic heterocycles. The van der Waals surface area contributed by atoms with Crippen molar-refractivity contribution in [2.45, 2.75) is 31.0 Å². The molecule has 1 unspecified atom stereocenters. The Balaban J connectivity index is 0. The minimum Gasteiger partial charge on any atom is -0.450 e. The minimum absolute atomic E-state index is 0.197. The lowest BCUT2D eigenvalue weighted by Gasteiger charge is -1.99. The maximum Gasteiger partial charge on any atom is 0.506 e. The fraction of sp³-hybridized carbons (Fsp3) is 0.833. The van der Waals surface area contributed by atoms with Crippen LogP contribution < -0.4 is 0 Å². The fourth-order valence-corrected chi connectivity index (χ4v) is 0.202. The van der Waals surface area contributed by atoms with Gasteiger partial charge >= 0.3 is 6.16 Å². The van der Waals surface area contributed by atoms with Crippen molar-refractivity contribution in [2.24, 2.45) is 0 Å². The first-order valence-corrected chi connectivity index (χ1v) is 4.32. The Kier molecular flexibility index (Phi) is 9.92. The summed E-state index contributed by atoms with van der Waals surface area (Å²) in [6, 6.07) is 0. The predicted molar refractivity (Wildman–Crippen MR) is 49.9 cm³/mol. The molecular formula is C6H13IO4. The van der Waals surface area contributed by atoms with E-state index in [1.807, 2.05) is 22.6 Å². The number of hydrogen-bond acceptors (Lipinski definition) is 3. The van der Waals surface area contributed by atoms with Crippen LogP contribution in [0.5, 0.6) is 0 Å². The van der Waals surface area contributed by atoms with Crippen LogP contribution in [0.15, 0.2) is 0 Å². The number of aliphatic hydroxyl groups excluding tert-OH is 1. The Hall–Kier alpha value is -0.0400. The number of carboxylic acid groups (broad SMARTS) is 1. The normalized spacial score (nSPS) is 11.5. The van der Waals surface area contributed by atoms with E-state index in [0.29, 0.717) is 0 Å². The zero-order valence-corrected chi connectivity index (χ0v) is 8.90. The molecule has 5 heteroatoms. The Morgan fingerprint density at radius 2 is 1.73 bits per heavy atom. The second kappa shape index (κ2) is 8.06. The molecule has 0 aliphatic rings. The van der Waals surface area contributed by atoms with E-state index in [1.54, 1.807) is 20.8 Å². The van der Waals surface area contributed by atoms with Crippen molar-refractivity contribution in [3.8, 4) is 0 Å². The molecular weight excluding hydrogens is 263 g/mol. The van der Waals surface area contributed by atoms with Crippen LogP contribution in [0, 0.1) is 0 Å². The van der Waals surface area contributed by atoms with Crippen molar-refractivity contribution in [3.05, 3.63) is 0 Å². The van der Waals surface area contributed by atoms with Gasteiger partial charge in [0.05, 0.1) is 6.10 Å². The van der Waals surface area contributed by atoms with Gasteiger partial charge < -0.3 is 14.9 Å². The summed E-state index contributed by atoms with van der Waals surface area (Å²) in [4.78, 5) is 9.59. The lowest BCUT2D eigenvalue weighted by molar-refractivity contribution is 0.0660. The van der Waals surface area contributed by atoms with Gasteiger partial charge in [-0.1, -0.05) is 22.6 Å². The topological polar surface area (TPSA) is 66.8 Å². The van der Waals surface area contributed by atoms with Gasteiger partial charge in [-0.25, -0.2) is 4.79 Å². The van der Waals surface area contributed by atoms with Crippen molar-refractivity contribution in [3.63, 3.8) is 0 Å². The molecule has 68 valence electrons. The van der Waals surface area contributed by atoms with Crippen molar-refractivity contribution in [1.29, 1.82) is 0 Å². The molecule has 0 saturated heterocycles. The molecule has 0 rings (SSSR count). The maximum absolute atomic E-state index is 9.59. The van der Waals surface area contributed by atoms with E-state index in [1.165, 1.54) is 0 Å². The largest absolute Gasteiger partial charge is 0.506 e. The number of ether oxygens (including phenoxy) is 1. The first kappa shape index (κ1) is 13.5. The molecule has 1 atom stereocenters. The molecule has 0 radical (unpaired) electrons. The van der Waals surface area contributed by atoms with Gasteiger partial charge in [0.2, 0.25) is 0 Å². The highest BCUT2D eigenvalue weighted by atomic mass is 127. The number of aliphatic hydroxyl groups is 1. The lowest BCUT2D eigenvalue weighted by Crippen LogP contribution is -2.07. The van der Waals surface area contributed by atoms with Crippen LogP contribution in [0.1, 0.15) is 20.8 Å². The molecule has 0 aromatic rings. The van der Waals surface area contributed by atoms with Gasteiger partial charge in [-0.3, -0.25) is 0 Å². The highest BCUT2D eigenvalue weighted by molar-refractivity contribution is 14.1. The van der Waals surface area contributed by atoms with Gasteiger partial charge in [-0.15, -0.1) is 0 Å². The molecule has 0 aromatic heterocycles. The third kappa shape index (κ3) is 40.2. The van der Waals surface area contributed by atoms with Crippen LogP contribution in [0.25, 0.3) is 0 Å². The molecule has 2 N–H and O–H groups in total. The SMILES string of the molecule is CC(C)OC(=O)O.CC(O)I. The smallest absolute Gasteiger partial charge is 0.450 e. The summed E-state index contributed by atoms with van der Waals surface area (Å²) in [5.74, 6) is 0.